The molecule has 4 heteroatoms. The van der Waals surface area contributed by atoms with Gasteiger partial charge in [0.2, 0.25) is 0 Å². The van der Waals surface area contributed by atoms with E-state index in [0.29, 0.717) is 5.69 Å². The Bertz CT molecular complexity index is 341. The van der Waals surface area contributed by atoms with Crippen LogP contribution in [0.5, 0.6) is 6.01 Å². The summed E-state index contributed by atoms with van der Waals surface area (Å²) in [4.78, 5) is 7.89. The van der Waals surface area contributed by atoms with Gasteiger partial charge in [-0.1, -0.05) is 0 Å². The number of rotatable bonds is 1. The second kappa shape index (κ2) is 3.18. The number of hydrogen-bond donors (Lipinski definition) is 0. The monoisotopic (exact) mass is 163 g/mol. The predicted molar refractivity (Wildman–Crippen MR) is 42.8 cm³/mol. The lowest BCUT2D eigenvalue weighted by Gasteiger charge is -2.02. The van der Waals surface area contributed by atoms with E-state index in [4.69, 9.17) is 10.00 Å². The van der Waals surface area contributed by atoms with Crippen LogP contribution < -0.4 is 4.74 Å². The van der Waals surface area contributed by atoms with Crippen LogP contribution in [-0.2, 0) is 0 Å². The molecule has 12 heavy (non-hydrogen) atoms. The fourth-order valence-electron chi connectivity index (χ4n) is 0.803. The Morgan fingerprint density at radius 2 is 2.00 bits per heavy atom. The first-order chi connectivity index (χ1) is 5.69. The SMILES string of the molecule is COc1nc(C)c(C)c(C#N)n1. The van der Waals surface area contributed by atoms with Gasteiger partial charge in [0.1, 0.15) is 6.07 Å². The highest BCUT2D eigenvalue weighted by Crippen LogP contribution is 2.11. The summed E-state index contributed by atoms with van der Waals surface area (Å²) >= 11 is 0. The van der Waals surface area contributed by atoms with Crippen molar-refractivity contribution in [2.75, 3.05) is 7.11 Å². The first-order valence-corrected chi connectivity index (χ1v) is 3.48. The minimum absolute atomic E-state index is 0.245. The predicted octanol–water partition coefficient (Wildman–Crippen LogP) is 0.974. The van der Waals surface area contributed by atoms with E-state index in [2.05, 4.69) is 9.97 Å². The molecule has 0 aliphatic rings. The van der Waals surface area contributed by atoms with Crippen molar-refractivity contribution in [1.82, 2.24) is 9.97 Å². The van der Waals surface area contributed by atoms with E-state index < -0.39 is 0 Å². The molecule has 0 saturated heterocycles. The molecule has 1 aromatic rings. The Morgan fingerprint density at radius 3 is 2.50 bits per heavy atom. The summed E-state index contributed by atoms with van der Waals surface area (Å²) in [5, 5.41) is 8.67. The van der Waals surface area contributed by atoms with Gasteiger partial charge in [0, 0.05) is 11.3 Å². The minimum Gasteiger partial charge on any atom is -0.467 e. The average Bonchev–Trinajstić information content (AvgIpc) is 2.09. The number of aryl methyl sites for hydroxylation is 1. The Kier molecular flexibility index (Phi) is 2.24. The van der Waals surface area contributed by atoms with Gasteiger partial charge in [0.15, 0.2) is 5.69 Å². The van der Waals surface area contributed by atoms with Crippen LogP contribution in [0.3, 0.4) is 0 Å². The van der Waals surface area contributed by atoms with E-state index in [1.54, 1.807) is 0 Å². The summed E-state index contributed by atoms with van der Waals surface area (Å²) in [5.74, 6) is 0. The molecule has 0 saturated carbocycles. The number of methoxy groups -OCH3 is 1. The summed E-state index contributed by atoms with van der Waals surface area (Å²) in [6, 6.07) is 2.22. The molecule has 0 aliphatic heterocycles. The molecule has 1 rings (SSSR count). The average molecular weight is 163 g/mol. The molecule has 4 nitrogen and oxygen atoms in total. The molecule has 0 N–H and O–H groups in total. The van der Waals surface area contributed by atoms with Crippen LogP contribution in [0.25, 0.3) is 0 Å². The van der Waals surface area contributed by atoms with Gasteiger partial charge in [-0.3, -0.25) is 0 Å². The topological polar surface area (TPSA) is 58.8 Å². The zero-order valence-corrected chi connectivity index (χ0v) is 7.25. The molecule has 0 fully saturated rings. The fraction of sp³-hybridized carbons (Fsp3) is 0.375. The summed E-state index contributed by atoms with van der Waals surface area (Å²) in [5.41, 5.74) is 1.95. The molecule has 0 aromatic carbocycles. The van der Waals surface area contributed by atoms with Gasteiger partial charge in [0.05, 0.1) is 7.11 Å². The number of ether oxygens (including phenoxy) is 1. The zero-order chi connectivity index (χ0) is 9.14. The van der Waals surface area contributed by atoms with E-state index in [1.807, 2.05) is 19.9 Å². The van der Waals surface area contributed by atoms with Crippen LogP contribution in [0.1, 0.15) is 17.0 Å². The van der Waals surface area contributed by atoms with Gasteiger partial charge >= 0.3 is 6.01 Å². The lowest BCUT2D eigenvalue weighted by atomic mass is 10.2. The van der Waals surface area contributed by atoms with Crippen molar-refractivity contribution in [3.05, 3.63) is 17.0 Å². The van der Waals surface area contributed by atoms with Crippen molar-refractivity contribution in [3.8, 4) is 12.1 Å². The van der Waals surface area contributed by atoms with E-state index >= 15 is 0 Å². The number of nitriles is 1. The van der Waals surface area contributed by atoms with Gasteiger partial charge in [-0.25, -0.2) is 4.98 Å². The maximum Gasteiger partial charge on any atom is 0.317 e. The van der Waals surface area contributed by atoms with Gasteiger partial charge in [-0.05, 0) is 13.8 Å². The summed E-state index contributed by atoms with van der Waals surface area (Å²) < 4.78 is 4.82. The Balaban J connectivity index is 3.31. The van der Waals surface area contributed by atoms with Gasteiger partial charge in [0.25, 0.3) is 0 Å². The first kappa shape index (κ1) is 8.47. The lowest BCUT2D eigenvalue weighted by Crippen LogP contribution is -2.00. The van der Waals surface area contributed by atoms with Gasteiger partial charge in [-0.2, -0.15) is 10.2 Å². The molecule has 1 aromatic heterocycles. The second-order valence-electron chi connectivity index (χ2n) is 2.38. The Hall–Kier alpha value is -1.63. The van der Waals surface area contributed by atoms with Crippen LogP contribution in [0.4, 0.5) is 0 Å². The van der Waals surface area contributed by atoms with Crippen molar-refractivity contribution in [1.29, 1.82) is 5.26 Å². The zero-order valence-electron chi connectivity index (χ0n) is 7.25. The highest BCUT2D eigenvalue weighted by Gasteiger charge is 2.06. The normalized spacial score (nSPS) is 9.17. The standard InChI is InChI=1S/C8H9N3O/c1-5-6(2)10-8(12-3)11-7(5)4-9/h1-3H3. The maximum atomic E-state index is 8.67. The van der Waals surface area contributed by atoms with Gasteiger partial charge < -0.3 is 4.74 Å². The highest BCUT2D eigenvalue weighted by atomic mass is 16.5. The Labute approximate surface area is 70.8 Å². The molecule has 1 heterocycles. The summed E-state index contributed by atoms with van der Waals surface area (Å²) in [6.45, 7) is 3.63. The first-order valence-electron chi connectivity index (χ1n) is 3.48. The molecule has 0 bridgehead atoms. The molecule has 0 radical (unpaired) electrons. The molecule has 62 valence electrons. The number of hydrogen-bond acceptors (Lipinski definition) is 4. The molecular formula is C8H9N3O. The number of nitrogens with zero attached hydrogens (tertiary/aromatic N) is 3. The van der Waals surface area contributed by atoms with Crippen LogP contribution in [0.2, 0.25) is 0 Å². The van der Waals surface area contributed by atoms with Crippen molar-refractivity contribution < 1.29 is 4.74 Å². The summed E-state index contributed by atoms with van der Waals surface area (Å²) in [6.07, 6.45) is 0. The second-order valence-corrected chi connectivity index (χ2v) is 2.38. The molecule has 0 aliphatic carbocycles. The third kappa shape index (κ3) is 1.35. The Morgan fingerprint density at radius 1 is 1.33 bits per heavy atom. The minimum atomic E-state index is 0.245. The third-order valence-electron chi connectivity index (χ3n) is 1.66. The maximum absolute atomic E-state index is 8.67. The smallest absolute Gasteiger partial charge is 0.317 e. The van der Waals surface area contributed by atoms with Crippen LogP contribution in [-0.4, -0.2) is 17.1 Å². The van der Waals surface area contributed by atoms with Gasteiger partial charge in [-0.15, -0.1) is 0 Å². The van der Waals surface area contributed by atoms with Crippen LogP contribution in [0.15, 0.2) is 0 Å². The number of aromatic nitrogens is 2. The lowest BCUT2D eigenvalue weighted by molar-refractivity contribution is 0.378. The molecule has 0 amide bonds. The van der Waals surface area contributed by atoms with Crippen molar-refractivity contribution in [2.45, 2.75) is 13.8 Å². The van der Waals surface area contributed by atoms with Crippen LogP contribution in [0, 0.1) is 25.2 Å². The molecule has 0 atom stereocenters. The van der Waals surface area contributed by atoms with E-state index in [1.165, 1.54) is 7.11 Å². The van der Waals surface area contributed by atoms with E-state index in [0.717, 1.165) is 11.3 Å². The van der Waals surface area contributed by atoms with Crippen LogP contribution >= 0.6 is 0 Å². The van der Waals surface area contributed by atoms with Crippen molar-refractivity contribution in [2.24, 2.45) is 0 Å². The van der Waals surface area contributed by atoms with Crippen molar-refractivity contribution in [3.63, 3.8) is 0 Å². The van der Waals surface area contributed by atoms with Crippen molar-refractivity contribution >= 4 is 0 Å². The molecular weight excluding hydrogens is 154 g/mol. The van der Waals surface area contributed by atoms with E-state index in [9.17, 15) is 0 Å². The molecule has 0 spiro atoms. The highest BCUT2D eigenvalue weighted by molar-refractivity contribution is 5.33. The largest absolute Gasteiger partial charge is 0.467 e. The quantitative estimate of drug-likeness (QED) is 0.619. The summed E-state index contributed by atoms with van der Waals surface area (Å²) in [7, 11) is 1.48. The fourth-order valence-corrected chi connectivity index (χ4v) is 0.803. The van der Waals surface area contributed by atoms with E-state index in [-0.39, 0.29) is 6.01 Å². The third-order valence-corrected chi connectivity index (χ3v) is 1.66. The molecule has 0 unspecified atom stereocenters.